The van der Waals surface area contributed by atoms with Gasteiger partial charge in [-0.25, -0.2) is 13.4 Å². The Bertz CT molecular complexity index is 1430. The number of H-pyrrole nitrogens is 1. The number of fused-ring (bicyclic) bond motifs is 1. The molecule has 0 spiro atoms. The van der Waals surface area contributed by atoms with Crippen LogP contribution in [0, 0.1) is 3.70 Å². The molecule has 1 saturated heterocycles. The largest absolute Gasteiger partial charge is 0.493 e. The van der Waals surface area contributed by atoms with Crippen LogP contribution in [-0.2, 0) is 23.5 Å². The molecule has 9 nitrogen and oxygen atoms in total. The predicted molar refractivity (Wildman–Crippen MR) is 150 cm³/mol. The Hall–Kier alpha value is -2.03. The number of aromatic amines is 1. The van der Waals surface area contributed by atoms with E-state index in [1.807, 2.05) is 18.5 Å². The van der Waals surface area contributed by atoms with E-state index in [-0.39, 0.29) is 23.0 Å². The van der Waals surface area contributed by atoms with Crippen molar-refractivity contribution in [2.45, 2.75) is 38.0 Å². The van der Waals surface area contributed by atoms with Crippen molar-refractivity contribution >= 4 is 43.6 Å². The van der Waals surface area contributed by atoms with Crippen LogP contribution in [0.3, 0.4) is 0 Å². The van der Waals surface area contributed by atoms with Crippen LogP contribution < -0.4 is 10.3 Å². The first-order valence-electron chi connectivity index (χ1n) is 12.6. The number of nitrogens with zero attached hydrogens (tertiary/aromatic N) is 4. The van der Waals surface area contributed by atoms with Gasteiger partial charge in [-0.2, -0.15) is 4.31 Å². The van der Waals surface area contributed by atoms with Crippen molar-refractivity contribution in [2.24, 2.45) is 7.05 Å². The first kappa shape index (κ1) is 28.0. The standard InChI is InChI=1S/C25H33FIN5O4S/c1-4-7-18-21-22(30(3)23(18)27)25(33)29-24(28-21)19-16-17(8-9-20(19)36-5-2)37(34,35)32-14-12-31(13-15-32)11-6-10-26/h8-9,16H,4-7,10-15H2,1-3H3,(H,28,29,33). The van der Waals surface area contributed by atoms with E-state index >= 15 is 0 Å². The molecule has 0 saturated carbocycles. The number of hydrogen-bond donors (Lipinski definition) is 1. The van der Waals surface area contributed by atoms with Gasteiger partial charge in [0.25, 0.3) is 5.56 Å². The fourth-order valence-electron chi connectivity index (χ4n) is 4.75. The van der Waals surface area contributed by atoms with Crippen LogP contribution >= 0.6 is 22.6 Å². The fraction of sp³-hybridized carbons (Fsp3) is 0.520. The molecule has 1 aliphatic heterocycles. The van der Waals surface area contributed by atoms with Gasteiger partial charge in [-0.1, -0.05) is 13.3 Å². The molecule has 0 bridgehead atoms. The van der Waals surface area contributed by atoms with Crippen LogP contribution in [0.1, 0.15) is 32.3 Å². The van der Waals surface area contributed by atoms with E-state index in [9.17, 15) is 17.6 Å². The second kappa shape index (κ2) is 11.8. The van der Waals surface area contributed by atoms with Gasteiger partial charge in [0.15, 0.2) is 0 Å². The molecule has 1 aliphatic rings. The molecular formula is C25H33FIN5O4S. The zero-order valence-electron chi connectivity index (χ0n) is 21.4. The van der Waals surface area contributed by atoms with Crippen LogP contribution in [-0.4, -0.2) is 78.2 Å². The van der Waals surface area contributed by atoms with E-state index in [2.05, 4.69) is 39.4 Å². The minimum absolute atomic E-state index is 0.113. The molecule has 2 aromatic heterocycles. The molecule has 4 rings (SSSR count). The molecule has 0 unspecified atom stereocenters. The summed E-state index contributed by atoms with van der Waals surface area (Å²) in [6.07, 6.45) is 2.12. The topological polar surface area (TPSA) is 101 Å². The minimum atomic E-state index is -3.79. The average molecular weight is 646 g/mol. The Morgan fingerprint density at radius 2 is 1.92 bits per heavy atom. The molecule has 1 aromatic carbocycles. The van der Waals surface area contributed by atoms with E-state index in [0.29, 0.717) is 68.1 Å². The van der Waals surface area contributed by atoms with Gasteiger partial charge in [0.2, 0.25) is 10.0 Å². The van der Waals surface area contributed by atoms with Crippen molar-refractivity contribution < 1.29 is 17.5 Å². The third-order valence-electron chi connectivity index (χ3n) is 6.64. The van der Waals surface area contributed by atoms with E-state index in [1.165, 1.54) is 16.4 Å². The zero-order chi connectivity index (χ0) is 26.7. The molecule has 1 fully saturated rings. The minimum Gasteiger partial charge on any atom is -0.493 e. The summed E-state index contributed by atoms with van der Waals surface area (Å²) >= 11 is 2.23. The zero-order valence-corrected chi connectivity index (χ0v) is 24.4. The molecule has 3 heterocycles. The Kier molecular flexibility index (Phi) is 8.92. The molecule has 37 heavy (non-hydrogen) atoms. The number of piperazine rings is 1. The fourth-order valence-corrected chi connectivity index (χ4v) is 6.96. The predicted octanol–water partition coefficient (Wildman–Crippen LogP) is 3.55. The van der Waals surface area contributed by atoms with Crippen molar-refractivity contribution in [1.82, 2.24) is 23.7 Å². The highest BCUT2D eigenvalue weighted by molar-refractivity contribution is 14.1. The van der Waals surface area contributed by atoms with E-state index in [4.69, 9.17) is 9.72 Å². The number of aryl methyl sites for hydroxylation is 2. The van der Waals surface area contributed by atoms with Crippen molar-refractivity contribution in [3.8, 4) is 17.1 Å². The summed E-state index contributed by atoms with van der Waals surface area (Å²) in [5.74, 6) is 0.719. The van der Waals surface area contributed by atoms with Gasteiger partial charge < -0.3 is 19.2 Å². The highest BCUT2D eigenvalue weighted by atomic mass is 127. The number of ether oxygens (including phenoxy) is 1. The third-order valence-corrected chi connectivity index (χ3v) is 9.91. The van der Waals surface area contributed by atoms with E-state index in [1.54, 1.807) is 6.07 Å². The van der Waals surface area contributed by atoms with Crippen LogP contribution in [0.4, 0.5) is 4.39 Å². The Balaban J connectivity index is 1.76. The molecule has 0 amide bonds. The quantitative estimate of drug-likeness (QED) is 0.339. The second-order valence-electron chi connectivity index (χ2n) is 9.07. The van der Waals surface area contributed by atoms with E-state index in [0.717, 1.165) is 22.1 Å². The molecule has 1 N–H and O–H groups in total. The number of nitrogens with one attached hydrogen (secondary N) is 1. The average Bonchev–Trinajstić information content (AvgIpc) is 3.13. The van der Waals surface area contributed by atoms with Crippen LogP contribution in [0.15, 0.2) is 27.9 Å². The highest BCUT2D eigenvalue weighted by Crippen LogP contribution is 2.33. The molecular weight excluding hydrogens is 612 g/mol. The maximum Gasteiger partial charge on any atom is 0.275 e. The summed E-state index contributed by atoms with van der Waals surface area (Å²) in [5, 5.41) is 0. The van der Waals surface area contributed by atoms with Gasteiger partial charge >= 0.3 is 0 Å². The lowest BCUT2D eigenvalue weighted by molar-refractivity contribution is 0.182. The van der Waals surface area contributed by atoms with Gasteiger partial charge in [0.05, 0.1) is 27.4 Å². The first-order chi connectivity index (χ1) is 17.7. The molecule has 0 atom stereocenters. The van der Waals surface area contributed by atoms with E-state index < -0.39 is 10.0 Å². The van der Waals surface area contributed by atoms with Crippen molar-refractivity contribution in [3.05, 3.63) is 37.8 Å². The summed E-state index contributed by atoms with van der Waals surface area (Å²) in [5.41, 5.74) is 2.24. The van der Waals surface area contributed by atoms with Gasteiger partial charge in [-0.15, -0.1) is 0 Å². The molecule has 3 aromatic rings. The molecule has 0 aliphatic carbocycles. The monoisotopic (exact) mass is 645 g/mol. The number of alkyl halides is 1. The van der Waals surface area contributed by atoms with Gasteiger partial charge in [0, 0.05) is 45.3 Å². The number of rotatable bonds is 10. The lowest BCUT2D eigenvalue weighted by Crippen LogP contribution is -2.48. The third kappa shape index (κ3) is 5.57. The van der Waals surface area contributed by atoms with Crippen molar-refractivity contribution in [1.29, 1.82) is 0 Å². The molecule has 202 valence electrons. The molecule has 0 radical (unpaired) electrons. The lowest BCUT2D eigenvalue weighted by Gasteiger charge is -2.33. The SMILES string of the molecule is CCCc1c(I)n(C)c2c(=O)[nH]c(-c3cc(S(=O)(=O)N4CCN(CCCF)CC4)ccc3OCC)nc12. The summed E-state index contributed by atoms with van der Waals surface area (Å²) in [6, 6.07) is 4.69. The maximum absolute atomic E-state index is 13.5. The smallest absolute Gasteiger partial charge is 0.275 e. The number of hydrogen-bond acceptors (Lipinski definition) is 6. The van der Waals surface area contributed by atoms with Crippen molar-refractivity contribution in [3.63, 3.8) is 0 Å². The molecule has 12 heteroatoms. The highest BCUT2D eigenvalue weighted by Gasteiger charge is 2.29. The second-order valence-corrected chi connectivity index (χ2v) is 12.0. The summed E-state index contributed by atoms with van der Waals surface area (Å²) < 4.78 is 49.6. The number of aromatic nitrogens is 3. The Morgan fingerprint density at radius 1 is 1.19 bits per heavy atom. The lowest BCUT2D eigenvalue weighted by atomic mass is 10.1. The number of benzene rings is 1. The van der Waals surface area contributed by atoms with Gasteiger partial charge in [0.1, 0.15) is 22.6 Å². The number of halogens is 2. The van der Waals surface area contributed by atoms with Crippen LogP contribution in [0.25, 0.3) is 22.4 Å². The summed E-state index contributed by atoms with van der Waals surface area (Å²) in [7, 11) is -1.94. The first-order valence-corrected chi connectivity index (χ1v) is 15.1. The maximum atomic E-state index is 13.5. The van der Waals surface area contributed by atoms with Gasteiger partial charge in [-0.05, 0) is 60.6 Å². The summed E-state index contributed by atoms with van der Waals surface area (Å²) in [6.45, 7) is 6.32. The van der Waals surface area contributed by atoms with Crippen LogP contribution in [0.2, 0.25) is 0 Å². The summed E-state index contributed by atoms with van der Waals surface area (Å²) in [4.78, 5) is 23.0. The van der Waals surface area contributed by atoms with Crippen molar-refractivity contribution in [2.75, 3.05) is 46.0 Å². The normalized spacial score (nSPS) is 15.5. The Labute approximate surface area is 230 Å². The van der Waals surface area contributed by atoms with Crippen LogP contribution in [0.5, 0.6) is 5.75 Å². The van der Waals surface area contributed by atoms with Gasteiger partial charge in [-0.3, -0.25) is 9.18 Å². The Morgan fingerprint density at radius 3 is 2.57 bits per heavy atom. The number of sulfonamides is 1.